The standard InChI is InChI=1S/C13H19NO3/c1-11(2)10-13(15)14-17-9-8-16-12-6-4-3-5-7-12/h3-7,11H,8-10H2,1-2H3,(H,14,15). The van der Waals surface area contributed by atoms with E-state index in [0.717, 1.165) is 5.75 Å². The van der Waals surface area contributed by atoms with Crippen LogP contribution in [0.5, 0.6) is 5.75 Å². The minimum Gasteiger partial charge on any atom is -0.491 e. The van der Waals surface area contributed by atoms with Crippen molar-refractivity contribution in [1.82, 2.24) is 5.48 Å². The van der Waals surface area contributed by atoms with Crippen LogP contribution in [0.1, 0.15) is 20.3 Å². The SMILES string of the molecule is CC(C)CC(=O)NOCCOc1ccccc1. The van der Waals surface area contributed by atoms with Crippen LogP contribution < -0.4 is 10.2 Å². The molecule has 0 spiro atoms. The first-order valence-electron chi connectivity index (χ1n) is 5.77. The van der Waals surface area contributed by atoms with E-state index in [9.17, 15) is 4.79 Å². The predicted octanol–water partition coefficient (Wildman–Crippen LogP) is 2.16. The zero-order valence-corrected chi connectivity index (χ0v) is 10.3. The Morgan fingerprint density at radius 3 is 2.59 bits per heavy atom. The Morgan fingerprint density at radius 1 is 1.24 bits per heavy atom. The van der Waals surface area contributed by atoms with Gasteiger partial charge in [0, 0.05) is 6.42 Å². The third-order valence-corrected chi connectivity index (χ3v) is 1.98. The van der Waals surface area contributed by atoms with Crippen LogP contribution in [-0.2, 0) is 9.63 Å². The number of amides is 1. The van der Waals surface area contributed by atoms with E-state index in [1.54, 1.807) is 0 Å². The molecule has 0 heterocycles. The lowest BCUT2D eigenvalue weighted by atomic mass is 10.1. The van der Waals surface area contributed by atoms with Crippen molar-refractivity contribution in [1.29, 1.82) is 0 Å². The predicted molar refractivity (Wildman–Crippen MR) is 65.5 cm³/mol. The lowest BCUT2D eigenvalue weighted by Gasteiger charge is -2.08. The van der Waals surface area contributed by atoms with Gasteiger partial charge in [-0.1, -0.05) is 32.0 Å². The quantitative estimate of drug-likeness (QED) is 0.584. The van der Waals surface area contributed by atoms with E-state index in [2.05, 4.69) is 5.48 Å². The highest BCUT2D eigenvalue weighted by atomic mass is 16.7. The molecule has 0 fully saturated rings. The summed E-state index contributed by atoms with van der Waals surface area (Å²) in [5.74, 6) is 1.03. The highest BCUT2D eigenvalue weighted by molar-refractivity contribution is 5.74. The monoisotopic (exact) mass is 237 g/mol. The molecule has 0 aliphatic heterocycles. The number of ether oxygens (including phenoxy) is 1. The second-order valence-electron chi connectivity index (χ2n) is 4.13. The van der Waals surface area contributed by atoms with Gasteiger partial charge in [0.2, 0.25) is 5.91 Å². The number of benzene rings is 1. The second kappa shape index (κ2) is 7.68. The first-order valence-corrected chi connectivity index (χ1v) is 5.77. The molecule has 0 saturated carbocycles. The van der Waals surface area contributed by atoms with Crippen molar-refractivity contribution < 1.29 is 14.4 Å². The van der Waals surface area contributed by atoms with Crippen molar-refractivity contribution in [2.24, 2.45) is 5.92 Å². The number of carbonyl (C=O) groups is 1. The molecular formula is C13H19NO3. The molecule has 1 N–H and O–H groups in total. The van der Waals surface area contributed by atoms with Gasteiger partial charge < -0.3 is 4.74 Å². The summed E-state index contributed by atoms with van der Waals surface area (Å²) >= 11 is 0. The van der Waals surface area contributed by atoms with Crippen LogP contribution in [-0.4, -0.2) is 19.1 Å². The second-order valence-corrected chi connectivity index (χ2v) is 4.13. The number of rotatable bonds is 7. The molecule has 1 aromatic rings. The zero-order valence-electron chi connectivity index (χ0n) is 10.3. The maximum atomic E-state index is 11.2. The molecule has 0 aliphatic carbocycles. The van der Waals surface area contributed by atoms with Crippen LogP contribution >= 0.6 is 0 Å². The van der Waals surface area contributed by atoms with Gasteiger partial charge in [0.05, 0.1) is 0 Å². The van der Waals surface area contributed by atoms with Crippen molar-refractivity contribution in [3.8, 4) is 5.75 Å². The summed E-state index contributed by atoms with van der Waals surface area (Å²) in [5.41, 5.74) is 2.38. The van der Waals surface area contributed by atoms with Crippen molar-refractivity contribution in [3.05, 3.63) is 30.3 Å². The highest BCUT2D eigenvalue weighted by Crippen LogP contribution is 2.07. The van der Waals surface area contributed by atoms with Gasteiger partial charge in [0.25, 0.3) is 0 Å². The molecule has 0 radical (unpaired) electrons. The van der Waals surface area contributed by atoms with Gasteiger partial charge in [-0.3, -0.25) is 9.63 Å². The van der Waals surface area contributed by atoms with E-state index in [1.165, 1.54) is 0 Å². The molecule has 4 nitrogen and oxygen atoms in total. The van der Waals surface area contributed by atoms with E-state index >= 15 is 0 Å². The Hall–Kier alpha value is -1.55. The number of hydrogen-bond donors (Lipinski definition) is 1. The summed E-state index contributed by atoms with van der Waals surface area (Å²) in [7, 11) is 0. The van der Waals surface area contributed by atoms with Crippen LogP contribution in [0.25, 0.3) is 0 Å². The maximum absolute atomic E-state index is 11.2. The van der Waals surface area contributed by atoms with Gasteiger partial charge in [-0.05, 0) is 18.1 Å². The average Bonchev–Trinajstić information content (AvgIpc) is 2.29. The van der Waals surface area contributed by atoms with Crippen LogP contribution in [0, 0.1) is 5.92 Å². The van der Waals surface area contributed by atoms with E-state index in [1.807, 2.05) is 44.2 Å². The van der Waals surface area contributed by atoms with Crippen molar-refractivity contribution in [2.45, 2.75) is 20.3 Å². The molecule has 1 aromatic carbocycles. The average molecular weight is 237 g/mol. The molecule has 17 heavy (non-hydrogen) atoms. The minimum absolute atomic E-state index is 0.0975. The fourth-order valence-corrected chi connectivity index (χ4v) is 1.26. The fourth-order valence-electron chi connectivity index (χ4n) is 1.26. The van der Waals surface area contributed by atoms with E-state index in [-0.39, 0.29) is 5.91 Å². The minimum atomic E-state index is -0.0975. The molecule has 4 heteroatoms. The first-order chi connectivity index (χ1) is 8.18. The Labute approximate surface area is 102 Å². The molecule has 0 atom stereocenters. The van der Waals surface area contributed by atoms with Crippen LogP contribution in [0.15, 0.2) is 30.3 Å². The Morgan fingerprint density at radius 2 is 1.94 bits per heavy atom. The zero-order chi connectivity index (χ0) is 12.5. The van der Waals surface area contributed by atoms with Gasteiger partial charge >= 0.3 is 0 Å². The largest absolute Gasteiger partial charge is 0.491 e. The summed E-state index contributed by atoms with van der Waals surface area (Å²) in [6, 6.07) is 9.48. The fraction of sp³-hybridized carbons (Fsp3) is 0.462. The van der Waals surface area contributed by atoms with Crippen LogP contribution in [0.4, 0.5) is 0 Å². The number of para-hydroxylation sites is 1. The van der Waals surface area contributed by atoms with Gasteiger partial charge in [-0.2, -0.15) is 0 Å². The Kier molecular flexibility index (Phi) is 6.10. The van der Waals surface area contributed by atoms with E-state index in [4.69, 9.17) is 9.57 Å². The van der Waals surface area contributed by atoms with Crippen molar-refractivity contribution >= 4 is 5.91 Å². The number of hydrogen-bond acceptors (Lipinski definition) is 3. The van der Waals surface area contributed by atoms with Gasteiger partial charge in [-0.15, -0.1) is 0 Å². The molecule has 94 valence electrons. The number of nitrogens with one attached hydrogen (secondary N) is 1. The highest BCUT2D eigenvalue weighted by Gasteiger charge is 2.03. The molecule has 1 amide bonds. The molecule has 0 saturated heterocycles. The Bertz CT molecular complexity index is 325. The summed E-state index contributed by atoms with van der Waals surface area (Å²) in [5, 5.41) is 0. The number of hydroxylamine groups is 1. The van der Waals surface area contributed by atoms with E-state index < -0.39 is 0 Å². The first kappa shape index (κ1) is 13.5. The van der Waals surface area contributed by atoms with Crippen molar-refractivity contribution in [3.63, 3.8) is 0 Å². The van der Waals surface area contributed by atoms with Gasteiger partial charge in [0.1, 0.15) is 19.0 Å². The van der Waals surface area contributed by atoms with Gasteiger partial charge in [0.15, 0.2) is 0 Å². The number of carbonyl (C=O) groups excluding carboxylic acids is 1. The molecule has 1 rings (SSSR count). The molecular weight excluding hydrogens is 218 g/mol. The van der Waals surface area contributed by atoms with Crippen LogP contribution in [0.2, 0.25) is 0 Å². The summed E-state index contributed by atoms with van der Waals surface area (Å²) in [6.07, 6.45) is 0.472. The molecule has 0 bridgehead atoms. The summed E-state index contributed by atoms with van der Waals surface area (Å²) in [4.78, 5) is 16.2. The molecule has 0 aromatic heterocycles. The van der Waals surface area contributed by atoms with E-state index in [0.29, 0.717) is 25.6 Å². The normalized spacial score (nSPS) is 10.3. The third kappa shape index (κ3) is 6.58. The van der Waals surface area contributed by atoms with Crippen LogP contribution in [0.3, 0.4) is 0 Å². The topological polar surface area (TPSA) is 47.6 Å². The third-order valence-electron chi connectivity index (χ3n) is 1.98. The Balaban J connectivity index is 2.03. The maximum Gasteiger partial charge on any atom is 0.243 e. The molecule has 0 aliphatic rings. The summed E-state index contributed by atoms with van der Waals surface area (Å²) in [6.45, 7) is 4.71. The summed E-state index contributed by atoms with van der Waals surface area (Å²) < 4.78 is 5.39. The van der Waals surface area contributed by atoms with Gasteiger partial charge in [-0.25, -0.2) is 5.48 Å². The lowest BCUT2D eigenvalue weighted by molar-refractivity contribution is -0.134. The van der Waals surface area contributed by atoms with Crippen molar-refractivity contribution in [2.75, 3.05) is 13.2 Å². The lowest BCUT2D eigenvalue weighted by Crippen LogP contribution is -2.26. The molecule has 0 unspecified atom stereocenters. The smallest absolute Gasteiger partial charge is 0.243 e.